The molecule has 4 aromatic rings. The number of benzene rings is 1. The number of carbonyl (C=O) groups is 1. The first kappa shape index (κ1) is 26.7. The lowest BCUT2D eigenvalue weighted by Gasteiger charge is -2.49. The van der Waals surface area contributed by atoms with E-state index < -0.39 is 0 Å². The first-order valence-corrected chi connectivity index (χ1v) is 15.3. The fourth-order valence-electron chi connectivity index (χ4n) is 6.52. The molecule has 1 aromatic carbocycles. The first-order chi connectivity index (χ1) is 20.3. The minimum Gasteiger partial charge on any atom is -0.389 e. The maximum atomic E-state index is 12.8. The van der Waals surface area contributed by atoms with Gasteiger partial charge in [-0.3, -0.25) is 0 Å². The zero-order chi connectivity index (χ0) is 29.2. The standard InChI is InChI=1S/C31H34N8O2S/c1-4-24-28(35(3)29-33-27(26(14-32)42-29)21-7-5-20(2)6-8-21)25-13-22(9-11-39(25)34-24)38-18-31(19-38)10-12-36(17-31)30(41)37-15-23(40)16-37/h5-9,11,13,23,40H,4,10,12,15-19H2,1-3H3. The number of urea groups is 1. The summed E-state index contributed by atoms with van der Waals surface area (Å²) in [6, 6.07) is 14.8. The molecule has 3 saturated heterocycles. The molecule has 10 nitrogen and oxygen atoms in total. The summed E-state index contributed by atoms with van der Waals surface area (Å²) in [5.74, 6) is 0. The van der Waals surface area contributed by atoms with Gasteiger partial charge in [0.1, 0.15) is 16.6 Å². The number of aliphatic hydroxyl groups is 1. The number of aromatic nitrogens is 3. The predicted octanol–water partition coefficient (Wildman–Crippen LogP) is 4.28. The number of nitrogens with zero attached hydrogens (tertiary/aromatic N) is 8. The summed E-state index contributed by atoms with van der Waals surface area (Å²) < 4.78 is 1.93. The van der Waals surface area contributed by atoms with Gasteiger partial charge in [-0.1, -0.05) is 48.1 Å². The van der Waals surface area contributed by atoms with Crippen LogP contribution in [0.2, 0.25) is 0 Å². The van der Waals surface area contributed by atoms with E-state index in [0.29, 0.717) is 23.7 Å². The smallest absolute Gasteiger partial charge is 0.320 e. The summed E-state index contributed by atoms with van der Waals surface area (Å²) in [4.78, 5) is 26.4. The van der Waals surface area contributed by atoms with E-state index in [-0.39, 0.29) is 17.6 Å². The highest BCUT2D eigenvalue weighted by atomic mass is 32.1. The van der Waals surface area contributed by atoms with E-state index in [1.807, 2.05) is 53.8 Å². The van der Waals surface area contributed by atoms with Gasteiger partial charge >= 0.3 is 6.03 Å². The molecule has 0 saturated carbocycles. The van der Waals surface area contributed by atoms with Crippen molar-refractivity contribution in [1.29, 1.82) is 5.26 Å². The van der Waals surface area contributed by atoms with Crippen LogP contribution in [0.1, 0.15) is 29.5 Å². The fraction of sp³-hybridized carbons (Fsp3) is 0.419. The summed E-state index contributed by atoms with van der Waals surface area (Å²) in [5.41, 5.74) is 7.04. The second kappa shape index (κ2) is 10.00. The Kier molecular flexibility index (Phi) is 6.36. The second-order valence-corrected chi connectivity index (χ2v) is 12.9. The van der Waals surface area contributed by atoms with Crippen molar-refractivity contribution in [3.63, 3.8) is 0 Å². The molecule has 0 atom stereocenters. The van der Waals surface area contributed by atoms with Crippen molar-refractivity contribution >= 4 is 39.4 Å². The molecule has 1 spiro atoms. The third-order valence-corrected chi connectivity index (χ3v) is 9.96. The number of β-amino-alcohol motifs (C(OH)–C–C–N with tert-alkyl or cyclic N) is 1. The monoisotopic (exact) mass is 582 g/mol. The molecule has 0 aliphatic carbocycles. The lowest BCUT2D eigenvalue weighted by atomic mass is 9.79. The first-order valence-electron chi connectivity index (χ1n) is 14.5. The molecule has 11 heteroatoms. The summed E-state index contributed by atoms with van der Waals surface area (Å²) in [6.45, 7) is 8.41. The maximum absolute atomic E-state index is 12.8. The number of aryl methyl sites for hydroxylation is 2. The molecule has 1 N–H and O–H groups in total. The molecular weight excluding hydrogens is 548 g/mol. The molecule has 6 heterocycles. The quantitative estimate of drug-likeness (QED) is 0.375. The second-order valence-electron chi connectivity index (χ2n) is 11.9. The van der Waals surface area contributed by atoms with Gasteiger partial charge in [0, 0.05) is 56.1 Å². The van der Waals surface area contributed by atoms with Crippen LogP contribution >= 0.6 is 11.3 Å². The number of hydrogen-bond acceptors (Lipinski definition) is 8. The van der Waals surface area contributed by atoms with Gasteiger partial charge in [-0.25, -0.2) is 14.3 Å². The molecule has 0 bridgehead atoms. The van der Waals surface area contributed by atoms with Crippen LogP contribution in [0.25, 0.3) is 16.8 Å². The zero-order valence-electron chi connectivity index (χ0n) is 24.1. The van der Waals surface area contributed by atoms with Crippen LogP contribution in [0, 0.1) is 23.7 Å². The molecule has 216 valence electrons. The number of nitriles is 1. The number of amides is 2. The van der Waals surface area contributed by atoms with Crippen LogP contribution in [0.15, 0.2) is 42.6 Å². The molecule has 7 rings (SSSR count). The van der Waals surface area contributed by atoms with Gasteiger partial charge in [-0.2, -0.15) is 10.4 Å². The van der Waals surface area contributed by atoms with Crippen molar-refractivity contribution < 1.29 is 9.90 Å². The minimum atomic E-state index is -0.375. The number of hydrogen-bond donors (Lipinski definition) is 1. The normalized spacial score (nSPS) is 17.9. The Morgan fingerprint density at radius 3 is 2.64 bits per heavy atom. The van der Waals surface area contributed by atoms with Gasteiger partial charge in [0.2, 0.25) is 0 Å². The molecule has 42 heavy (non-hydrogen) atoms. The van der Waals surface area contributed by atoms with Gasteiger partial charge in [-0.05, 0) is 31.9 Å². The van der Waals surface area contributed by atoms with Gasteiger partial charge in [0.05, 0.1) is 36.1 Å². The van der Waals surface area contributed by atoms with Crippen LogP contribution in [0.3, 0.4) is 0 Å². The highest BCUT2D eigenvalue weighted by Crippen LogP contribution is 2.44. The SMILES string of the molecule is CCc1nn2ccc(N3CC4(CCN(C(=O)N5CC(O)C5)C4)C3)cc2c1N(C)c1nc(-c2ccc(C)cc2)c(C#N)s1. The molecule has 0 radical (unpaired) electrons. The molecule has 3 aliphatic rings. The van der Waals surface area contributed by atoms with E-state index in [1.165, 1.54) is 16.9 Å². The molecule has 2 amide bonds. The van der Waals surface area contributed by atoms with Crippen LogP contribution in [0.5, 0.6) is 0 Å². The van der Waals surface area contributed by atoms with E-state index in [9.17, 15) is 15.2 Å². The lowest BCUT2D eigenvalue weighted by Crippen LogP contribution is -2.60. The topological polar surface area (TPSA) is 104 Å². The Morgan fingerprint density at radius 1 is 1.19 bits per heavy atom. The van der Waals surface area contributed by atoms with Crippen LogP contribution in [0.4, 0.5) is 21.3 Å². The highest BCUT2D eigenvalue weighted by Gasteiger charge is 2.50. The highest BCUT2D eigenvalue weighted by molar-refractivity contribution is 7.16. The average Bonchev–Trinajstić information content (AvgIpc) is 3.69. The third-order valence-electron chi connectivity index (χ3n) is 8.92. The lowest BCUT2D eigenvalue weighted by molar-refractivity contribution is 0.0157. The van der Waals surface area contributed by atoms with E-state index in [2.05, 4.69) is 34.9 Å². The van der Waals surface area contributed by atoms with Crippen LogP contribution in [-0.4, -0.2) is 88.0 Å². The number of thiazole rings is 1. The van der Waals surface area contributed by atoms with Crippen LogP contribution < -0.4 is 9.80 Å². The average molecular weight is 583 g/mol. The zero-order valence-corrected chi connectivity index (χ0v) is 24.9. The summed E-state index contributed by atoms with van der Waals surface area (Å²) in [6.07, 6.45) is 3.41. The van der Waals surface area contributed by atoms with E-state index in [4.69, 9.17) is 10.1 Å². The van der Waals surface area contributed by atoms with Gasteiger partial charge in [-0.15, -0.1) is 0 Å². The fourth-order valence-corrected chi connectivity index (χ4v) is 7.37. The molecule has 3 aliphatic heterocycles. The Morgan fingerprint density at radius 2 is 1.95 bits per heavy atom. The van der Waals surface area contributed by atoms with Crippen molar-refractivity contribution in [3.8, 4) is 17.3 Å². The number of pyridine rings is 1. The number of aliphatic hydroxyl groups excluding tert-OH is 1. The molecule has 3 aromatic heterocycles. The van der Waals surface area contributed by atoms with Crippen molar-refractivity contribution in [2.45, 2.75) is 32.8 Å². The maximum Gasteiger partial charge on any atom is 0.320 e. The minimum absolute atomic E-state index is 0.0587. The number of carbonyl (C=O) groups excluding carboxylic acids is 1. The van der Waals surface area contributed by atoms with E-state index in [0.717, 1.165) is 72.3 Å². The van der Waals surface area contributed by atoms with Gasteiger partial charge in [0.25, 0.3) is 0 Å². The van der Waals surface area contributed by atoms with Gasteiger partial charge < -0.3 is 24.7 Å². The van der Waals surface area contributed by atoms with E-state index >= 15 is 0 Å². The van der Waals surface area contributed by atoms with Crippen LogP contribution in [-0.2, 0) is 6.42 Å². The largest absolute Gasteiger partial charge is 0.389 e. The van der Waals surface area contributed by atoms with Crippen molar-refractivity contribution in [2.24, 2.45) is 5.41 Å². The molecule has 0 unspecified atom stereocenters. The summed E-state index contributed by atoms with van der Waals surface area (Å²) >= 11 is 1.40. The number of rotatable bonds is 5. The number of fused-ring (bicyclic) bond motifs is 1. The van der Waals surface area contributed by atoms with Crippen molar-refractivity contribution in [2.75, 3.05) is 56.1 Å². The van der Waals surface area contributed by atoms with Gasteiger partial charge in [0.15, 0.2) is 5.13 Å². The number of likely N-dealkylation sites (tertiary alicyclic amines) is 2. The number of anilines is 3. The Bertz CT molecular complexity index is 1710. The predicted molar refractivity (Wildman–Crippen MR) is 163 cm³/mol. The van der Waals surface area contributed by atoms with E-state index in [1.54, 1.807) is 4.90 Å². The summed E-state index contributed by atoms with van der Waals surface area (Å²) in [5, 5.41) is 25.1. The Balaban J connectivity index is 1.13. The third kappa shape index (κ3) is 4.37. The molecule has 3 fully saturated rings. The Labute approximate surface area is 249 Å². The van der Waals surface area contributed by atoms with Crippen molar-refractivity contribution in [3.05, 3.63) is 58.7 Å². The van der Waals surface area contributed by atoms with Crippen molar-refractivity contribution in [1.82, 2.24) is 24.4 Å². The molecular formula is C31H34N8O2S. The Hall–Kier alpha value is -4.14. The summed E-state index contributed by atoms with van der Waals surface area (Å²) in [7, 11) is 2.00.